The molecule has 19 heavy (non-hydrogen) atoms. The van der Waals surface area contributed by atoms with E-state index >= 15 is 0 Å². The van der Waals surface area contributed by atoms with Gasteiger partial charge in [-0.15, -0.1) is 0 Å². The van der Waals surface area contributed by atoms with Crippen LogP contribution in [0.5, 0.6) is 0 Å². The van der Waals surface area contributed by atoms with E-state index in [0.717, 1.165) is 5.56 Å². The molecule has 0 fully saturated rings. The van der Waals surface area contributed by atoms with Crippen molar-refractivity contribution in [3.05, 3.63) is 39.0 Å². The molecule has 102 valence electrons. The van der Waals surface area contributed by atoms with Crippen LogP contribution in [0.25, 0.3) is 11.0 Å². The Bertz CT molecular complexity index is 684. The molecule has 0 aliphatic heterocycles. The molecule has 1 atom stereocenters. The fourth-order valence-electron chi connectivity index (χ4n) is 2.29. The quantitative estimate of drug-likeness (QED) is 0.902. The molecule has 4 heteroatoms. The number of nitrogens with zero attached hydrogens (tertiary/aromatic N) is 1. The Morgan fingerprint density at radius 1 is 1.26 bits per heavy atom. The number of aliphatic hydroxyl groups excluding tert-OH is 1. The molecule has 0 bridgehead atoms. The summed E-state index contributed by atoms with van der Waals surface area (Å²) in [7, 11) is 3.65. The summed E-state index contributed by atoms with van der Waals surface area (Å²) in [4.78, 5) is 14.2. The van der Waals surface area contributed by atoms with Crippen LogP contribution in [0.1, 0.15) is 29.7 Å². The van der Waals surface area contributed by atoms with Gasteiger partial charge in [0.2, 0.25) is 5.88 Å². The van der Waals surface area contributed by atoms with Crippen LogP contribution in [0.2, 0.25) is 0 Å². The van der Waals surface area contributed by atoms with Crippen LogP contribution in [-0.4, -0.2) is 19.2 Å². The van der Waals surface area contributed by atoms with Crippen molar-refractivity contribution in [3.63, 3.8) is 0 Å². The van der Waals surface area contributed by atoms with Crippen LogP contribution < -0.4 is 10.3 Å². The number of hydrogen-bond acceptors (Lipinski definition) is 4. The molecule has 0 aliphatic rings. The van der Waals surface area contributed by atoms with E-state index in [0.29, 0.717) is 28.0 Å². The second-order valence-electron chi connectivity index (χ2n) is 5.16. The predicted molar refractivity (Wildman–Crippen MR) is 76.9 cm³/mol. The number of aliphatic hydroxyl groups is 1. The molecule has 2 aromatic rings. The van der Waals surface area contributed by atoms with Crippen molar-refractivity contribution >= 4 is 16.9 Å². The molecule has 1 aromatic heterocycles. The fourth-order valence-corrected chi connectivity index (χ4v) is 2.29. The van der Waals surface area contributed by atoms with Gasteiger partial charge in [0.15, 0.2) is 5.43 Å². The smallest absolute Gasteiger partial charge is 0.202 e. The van der Waals surface area contributed by atoms with Gasteiger partial charge >= 0.3 is 0 Å². The van der Waals surface area contributed by atoms with Crippen LogP contribution in [0.3, 0.4) is 0 Å². The van der Waals surface area contributed by atoms with E-state index in [1.807, 2.05) is 27.1 Å². The van der Waals surface area contributed by atoms with Gasteiger partial charge in [0.05, 0.1) is 17.1 Å². The standard InChI is InChI=1S/C15H19NO3/c1-8-6-11(10(3)17)14-12(7-8)13(18)9(2)15(19-14)16(4)5/h6-7,10,17H,1-5H3. The Kier molecular flexibility index (Phi) is 3.37. The highest BCUT2D eigenvalue weighted by molar-refractivity contribution is 5.83. The molecule has 2 rings (SSSR count). The Morgan fingerprint density at radius 3 is 2.42 bits per heavy atom. The normalized spacial score (nSPS) is 12.7. The molecular formula is C15H19NO3. The minimum atomic E-state index is -0.678. The molecule has 1 N–H and O–H groups in total. The molecule has 1 heterocycles. The summed E-state index contributed by atoms with van der Waals surface area (Å²) < 4.78 is 5.85. The van der Waals surface area contributed by atoms with Gasteiger partial charge in [0.1, 0.15) is 5.58 Å². The molecular weight excluding hydrogens is 242 g/mol. The van der Waals surface area contributed by atoms with Crippen LogP contribution >= 0.6 is 0 Å². The average Bonchev–Trinajstić information content (AvgIpc) is 2.32. The van der Waals surface area contributed by atoms with E-state index in [4.69, 9.17) is 4.42 Å². The number of benzene rings is 1. The van der Waals surface area contributed by atoms with E-state index in [-0.39, 0.29) is 5.43 Å². The highest BCUT2D eigenvalue weighted by atomic mass is 16.4. The maximum absolute atomic E-state index is 12.4. The SMILES string of the molecule is Cc1cc(C(C)O)c2oc(N(C)C)c(C)c(=O)c2c1. The van der Waals surface area contributed by atoms with E-state index in [1.54, 1.807) is 24.8 Å². The van der Waals surface area contributed by atoms with Gasteiger partial charge in [-0.3, -0.25) is 4.79 Å². The van der Waals surface area contributed by atoms with Crippen molar-refractivity contribution in [1.82, 2.24) is 0 Å². The van der Waals surface area contributed by atoms with Crippen LogP contribution in [0.15, 0.2) is 21.3 Å². The summed E-state index contributed by atoms with van der Waals surface area (Å²) >= 11 is 0. The van der Waals surface area contributed by atoms with Crippen LogP contribution in [0.4, 0.5) is 5.88 Å². The number of fused-ring (bicyclic) bond motifs is 1. The zero-order chi connectivity index (χ0) is 14.3. The zero-order valence-electron chi connectivity index (χ0n) is 11.9. The first-order chi connectivity index (χ1) is 8.82. The second-order valence-corrected chi connectivity index (χ2v) is 5.16. The van der Waals surface area contributed by atoms with E-state index in [9.17, 15) is 9.90 Å². The van der Waals surface area contributed by atoms with Crippen LogP contribution in [0, 0.1) is 13.8 Å². The maximum atomic E-state index is 12.4. The number of rotatable bonds is 2. The topological polar surface area (TPSA) is 53.7 Å². The second kappa shape index (κ2) is 4.70. The van der Waals surface area contributed by atoms with Crippen molar-refractivity contribution in [2.24, 2.45) is 0 Å². The monoisotopic (exact) mass is 261 g/mol. The van der Waals surface area contributed by atoms with Crippen molar-refractivity contribution in [3.8, 4) is 0 Å². The first-order valence-electron chi connectivity index (χ1n) is 6.26. The van der Waals surface area contributed by atoms with Gasteiger partial charge < -0.3 is 14.4 Å². The molecule has 0 radical (unpaired) electrons. The molecule has 0 amide bonds. The molecule has 1 unspecified atom stereocenters. The largest absolute Gasteiger partial charge is 0.440 e. The minimum Gasteiger partial charge on any atom is -0.440 e. The summed E-state index contributed by atoms with van der Waals surface area (Å²) in [5, 5.41) is 10.4. The summed E-state index contributed by atoms with van der Waals surface area (Å²) in [5.41, 5.74) is 2.60. The Hall–Kier alpha value is -1.81. The lowest BCUT2D eigenvalue weighted by Gasteiger charge is -2.16. The Labute approximate surface area is 112 Å². The lowest BCUT2D eigenvalue weighted by molar-refractivity contribution is 0.199. The molecule has 0 spiro atoms. The number of aryl methyl sites for hydroxylation is 1. The van der Waals surface area contributed by atoms with Crippen molar-refractivity contribution in [1.29, 1.82) is 0 Å². The third-order valence-corrected chi connectivity index (χ3v) is 3.22. The van der Waals surface area contributed by atoms with Crippen molar-refractivity contribution in [2.45, 2.75) is 26.9 Å². The highest BCUT2D eigenvalue weighted by Gasteiger charge is 2.17. The Balaban J connectivity index is 2.97. The maximum Gasteiger partial charge on any atom is 0.202 e. The van der Waals surface area contributed by atoms with Gasteiger partial charge in [0, 0.05) is 19.7 Å². The lowest BCUT2D eigenvalue weighted by Crippen LogP contribution is -2.17. The summed E-state index contributed by atoms with van der Waals surface area (Å²) in [6, 6.07) is 3.66. The first-order valence-corrected chi connectivity index (χ1v) is 6.26. The summed E-state index contributed by atoms with van der Waals surface area (Å²) in [5.74, 6) is 0.531. The molecule has 0 aliphatic carbocycles. The van der Waals surface area contributed by atoms with E-state index < -0.39 is 6.10 Å². The van der Waals surface area contributed by atoms with Gasteiger partial charge in [-0.05, 0) is 38.5 Å². The number of anilines is 1. The summed E-state index contributed by atoms with van der Waals surface area (Å²) in [6.07, 6.45) is -0.678. The van der Waals surface area contributed by atoms with E-state index in [1.165, 1.54) is 0 Å². The summed E-state index contributed by atoms with van der Waals surface area (Å²) in [6.45, 7) is 5.33. The molecule has 4 nitrogen and oxygen atoms in total. The average molecular weight is 261 g/mol. The van der Waals surface area contributed by atoms with E-state index in [2.05, 4.69) is 0 Å². The van der Waals surface area contributed by atoms with Gasteiger partial charge in [-0.2, -0.15) is 0 Å². The molecule has 0 saturated heterocycles. The Morgan fingerprint density at radius 2 is 1.89 bits per heavy atom. The first kappa shape index (κ1) is 13.6. The third-order valence-electron chi connectivity index (χ3n) is 3.22. The third kappa shape index (κ3) is 2.24. The number of hydrogen-bond donors (Lipinski definition) is 1. The fraction of sp³-hybridized carbons (Fsp3) is 0.400. The van der Waals surface area contributed by atoms with Gasteiger partial charge in [-0.1, -0.05) is 0 Å². The van der Waals surface area contributed by atoms with Gasteiger partial charge in [-0.25, -0.2) is 0 Å². The van der Waals surface area contributed by atoms with Gasteiger partial charge in [0.25, 0.3) is 0 Å². The zero-order valence-corrected chi connectivity index (χ0v) is 11.9. The van der Waals surface area contributed by atoms with Crippen molar-refractivity contribution in [2.75, 3.05) is 19.0 Å². The minimum absolute atomic E-state index is 0.0458. The molecule has 0 saturated carbocycles. The van der Waals surface area contributed by atoms with Crippen molar-refractivity contribution < 1.29 is 9.52 Å². The molecule has 1 aromatic carbocycles. The van der Waals surface area contributed by atoms with Crippen LogP contribution in [-0.2, 0) is 0 Å². The predicted octanol–water partition coefficient (Wildman–Crippen LogP) is 2.53. The lowest BCUT2D eigenvalue weighted by atomic mass is 10.0. The highest BCUT2D eigenvalue weighted by Crippen LogP contribution is 2.28.